The summed E-state index contributed by atoms with van der Waals surface area (Å²) in [6, 6.07) is 0.870. The lowest BCUT2D eigenvalue weighted by atomic mass is 9.79. The van der Waals surface area contributed by atoms with Gasteiger partial charge in [-0.3, -0.25) is 0 Å². The van der Waals surface area contributed by atoms with Gasteiger partial charge in [-0.15, -0.1) is 0 Å². The molecule has 0 bridgehead atoms. The van der Waals surface area contributed by atoms with Gasteiger partial charge in [0.15, 0.2) is 0 Å². The van der Waals surface area contributed by atoms with Gasteiger partial charge in [0.05, 0.1) is 25.4 Å². The van der Waals surface area contributed by atoms with Crippen LogP contribution in [0.4, 0.5) is 0 Å². The Morgan fingerprint density at radius 2 is 0.820 bits per heavy atom. The van der Waals surface area contributed by atoms with Crippen molar-refractivity contribution in [3.63, 3.8) is 0 Å². The SMILES string of the molecule is CC(C)C1OP(N(CCCCCCN(C2CC(C)(C)NC(C)(C)C2)P2OCC(C)(C)C(C(C)C)O2)C2CC(C)(C)NC(C)(C)C2)OCC1(C)C. The minimum atomic E-state index is -1.10. The molecule has 0 spiro atoms. The molecule has 0 amide bonds. The number of nitrogens with one attached hydrogen (secondary N) is 2. The topological polar surface area (TPSA) is 67.5 Å². The number of hydrogen-bond acceptors (Lipinski definition) is 8. The van der Waals surface area contributed by atoms with Gasteiger partial charge in [-0.1, -0.05) is 68.2 Å². The lowest BCUT2D eigenvalue weighted by molar-refractivity contribution is -0.0508. The smallest absolute Gasteiger partial charge is 0.259 e. The van der Waals surface area contributed by atoms with Crippen molar-refractivity contribution in [2.75, 3.05) is 26.3 Å². The van der Waals surface area contributed by atoms with Crippen LogP contribution in [0, 0.1) is 22.7 Å². The zero-order valence-electron chi connectivity index (χ0n) is 35.4. The van der Waals surface area contributed by atoms with Crippen molar-refractivity contribution < 1.29 is 18.1 Å². The Bertz CT molecular complexity index is 981. The van der Waals surface area contributed by atoms with Gasteiger partial charge in [-0.25, -0.2) is 9.34 Å². The van der Waals surface area contributed by atoms with E-state index in [0.29, 0.717) is 23.9 Å². The fourth-order valence-electron chi connectivity index (χ4n) is 10.1. The van der Waals surface area contributed by atoms with Crippen LogP contribution < -0.4 is 10.6 Å². The van der Waals surface area contributed by atoms with E-state index in [1.165, 1.54) is 12.8 Å². The molecule has 0 saturated carbocycles. The van der Waals surface area contributed by atoms with Gasteiger partial charge < -0.3 is 28.7 Å². The Morgan fingerprint density at radius 3 is 1.10 bits per heavy atom. The number of unbranched alkanes of at least 4 members (excludes halogenated alkanes) is 3. The van der Waals surface area contributed by atoms with Crippen LogP contribution in [0.25, 0.3) is 0 Å². The Hall–Kier alpha value is 0.540. The third-order valence-corrected chi connectivity index (χ3v) is 14.8. The summed E-state index contributed by atoms with van der Waals surface area (Å²) < 4.78 is 32.5. The van der Waals surface area contributed by atoms with Crippen LogP contribution >= 0.6 is 17.1 Å². The van der Waals surface area contributed by atoms with Crippen molar-refractivity contribution in [1.29, 1.82) is 0 Å². The van der Waals surface area contributed by atoms with Gasteiger partial charge in [0, 0.05) is 58.2 Å². The van der Waals surface area contributed by atoms with Gasteiger partial charge in [-0.05, 0) is 106 Å². The molecule has 0 radical (unpaired) electrons. The predicted octanol–water partition coefficient (Wildman–Crippen LogP) is 10.4. The highest BCUT2D eigenvalue weighted by Gasteiger charge is 2.49. The molecular weight excluding hydrogens is 662 g/mol. The van der Waals surface area contributed by atoms with Crippen molar-refractivity contribution in [3.8, 4) is 0 Å². The molecular formula is C40H80N4O4P2. The molecule has 50 heavy (non-hydrogen) atoms. The van der Waals surface area contributed by atoms with E-state index in [2.05, 4.69) is 131 Å². The zero-order chi connectivity index (χ0) is 37.5. The highest BCUT2D eigenvalue weighted by molar-refractivity contribution is 7.45. The molecule has 0 aliphatic carbocycles. The first kappa shape index (κ1) is 43.3. The molecule has 4 heterocycles. The van der Waals surface area contributed by atoms with Gasteiger partial charge >= 0.3 is 0 Å². The highest BCUT2D eigenvalue weighted by Crippen LogP contribution is 2.57. The van der Waals surface area contributed by atoms with E-state index in [1.807, 2.05) is 0 Å². The van der Waals surface area contributed by atoms with Crippen molar-refractivity contribution in [2.45, 2.75) is 209 Å². The molecule has 4 rings (SSSR count). The molecule has 0 aromatic carbocycles. The van der Waals surface area contributed by atoms with Gasteiger partial charge in [0.2, 0.25) is 0 Å². The van der Waals surface area contributed by atoms with Gasteiger partial charge in [0.25, 0.3) is 17.1 Å². The third kappa shape index (κ3) is 11.5. The van der Waals surface area contributed by atoms with E-state index in [4.69, 9.17) is 18.1 Å². The van der Waals surface area contributed by atoms with E-state index in [1.54, 1.807) is 0 Å². The Morgan fingerprint density at radius 1 is 0.520 bits per heavy atom. The van der Waals surface area contributed by atoms with Crippen molar-refractivity contribution in [3.05, 3.63) is 0 Å². The average Bonchev–Trinajstić information content (AvgIpc) is 2.91. The van der Waals surface area contributed by atoms with Gasteiger partial charge in [-0.2, -0.15) is 0 Å². The Kier molecular flexibility index (Phi) is 14.1. The molecule has 2 N–H and O–H groups in total. The highest BCUT2D eigenvalue weighted by atomic mass is 31.2. The Labute approximate surface area is 311 Å². The second-order valence-corrected chi connectivity index (χ2v) is 24.1. The van der Waals surface area contributed by atoms with E-state index in [0.717, 1.165) is 64.8 Å². The van der Waals surface area contributed by atoms with E-state index < -0.39 is 17.1 Å². The van der Waals surface area contributed by atoms with E-state index in [9.17, 15) is 0 Å². The zero-order valence-corrected chi connectivity index (χ0v) is 37.2. The molecule has 4 unspecified atom stereocenters. The lowest BCUT2D eigenvalue weighted by Gasteiger charge is -2.52. The molecule has 4 aliphatic rings. The molecule has 0 aromatic rings. The summed E-state index contributed by atoms with van der Waals surface area (Å²) in [7, 11) is -2.20. The molecule has 294 valence electrons. The van der Waals surface area contributed by atoms with Crippen molar-refractivity contribution >= 4 is 17.1 Å². The normalized spacial score (nSPS) is 32.6. The Balaban J connectivity index is 1.43. The van der Waals surface area contributed by atoms with Crippen LogP contribution in [0.3, 0.4) is 0 Å². The number of piperidine rings is 2. The first-order chi connectivity index (χ1) is 22.8. The lowest BCUT2D eigenvalue weighted by Crippen LogP contribution is -2.62. The molecule has 4 atom stereocenters. The fourth-order valence-corrected chi connectivity index (χ4v) is 14.6. The van der Waals surface area contributed by atoms with Crippen molar-refractivity contribution in [1.82, 2.24) is 20.0 Å². The van der Waals surface area contributed by atoms with Gasteiger partial charge in [0.1, 0.15) is 0 Å². The predicted molar refractivity (Wildman–Crippen MR) is 213 cm³/mol. The molecule has 8 nitrogen and oxygen atoms in total. The van der Waals surface area contributed by atoms with Crippen LogP contribution in [-0.2, 0) is 18.1 Å². The minimum Gasteiger partial charge on any atom is -0.321 e. The molecule has 4 aliphatic heterocycles. The van der Waals surface area contributed by atoms with E-state index >= 15 is 0 Å². The molecule has 4 fully saturated rings. The summed E-state index contributed by atoms with van der Waals surface area (Å²) in [6.45, 7) is 40.8. The van der Waals surface area contributed by atoms with E-state index in [-0.39, 0.29) is 45.2 Å². The molecule has 4 saturated heterocycles. The summed E-state index contributed by atoms with van der Waals surface area (Å²) >= 11 is 0. The second kappa shape index (κ2) is 16.3. The first-order valence-corrected chi connectivity index (χ1v) is 22.4. The largest absolute Gasteiger partial charge is 0.321 e. The summed E-state index contributed by atoms with van der Waals surface area (Å²) in [5, 5.41) is 7.81. The summed E-state index contributed by atoms with van der Waals surface area (Å²) in [4.78, 5) is 0. The fraction of sp³-hybridized carbons (Fsp3) is 1.00. The van der Waals surface area contributed by atoms with Crippen LogP contribution in [-0.4, -0.2) is 82.1 Å². The maximum Gasteiger partial charge on any atom is 0.259 e. The number of nitrogens with zero attached hydrogens (tertiary/aromatic N) is 2. The number of hydrogen-bond donors (Lipinski definition) is 2. The quantitative estimate of drug-likeness (QED) is 0.143. The molecule has 10 heteroatoms. The minimum absolute atomic E-state index is 0.0221. The maximum atomic E-state index is 6.94. The summed E-state index contributed by atoms with van der Waals surface area (Å²) in [5.41, 5.74) is 0.332. The van der Waals surface area contributed by atoms with Crippen molar-refractivity contribution in [2.24, 2.45) is 22.7 Å². The van der Waals surface area contributed by atoms with Crippen LogP contribution in [0.5, 0.6) is 0 Å². The summed E-state index contributed by atoms with van der Waals surface area (Å²) in [5.74, 6) is 0.919. The third-order valence-electron chi connectivity index (χ3n) is 11.4. The monoisotopic (exact) mass is 743 g/mol. The maximum absolute atomic E-state index is 6.94. The number of rotatable bonds is 13. The molecule has 0 aromatic heterocycles. The average molecular weight is 743 g/mol. The second-order valence-electron chi connectivity index (χ2n) is 21.2. The summed E-state index contributed by atoms with van der Waals surface area (Å²) in [6.07, 6.45) is 9.55. The van der Waals surface area contributed by atoms with Crippen LogP contribution in [0.15, 0.2) is 0 Å². The first-order valence-electron chi connectivity index (χ1n) is 20.1. The standard InChI is InChI=1S/C40H80N4O4P2/c1-29(2)33-35(5,6)27-45-49(47-33)43(31-23-37(9,10)41-38(11,12)24-31)21-19-17-18-20-22-44(32-25-39(13,14)42-40(15,16)26-32)50-46-28-36(7,8)34(48-50)30(3)4/h29-34,41-42H,17-28H2,1-16H3. The van der Waals surface area contributed by atoms with Crippen LogP contribution in [0.2, 0.25) is 0 Å². The van der Waals surface area contributed by atoms with Crippen LogP contribution in [0.1, 0.15) is 162 Å².